The van der Waals surface area contributed by atoms with Gasteiger partial charge in [-0.25, -0.2) is 10.2 Å². The molecule has 0 atom stereocenters. The van der Waals surface area contributed by atoms with E-state index in [1.54, 1.807) is 54.6 Å². The number of amides is 1. The van der Waals surface area contributed by atoms with Gasteiger partial charge in [-0.3, -0.25) is 4.79 Å². The Bertz CT molecular complexity index is 1050. The minimum atomic E-state index is -0.446. The van der Waals surface area contributed by atoms with Crippen LogP contribution in [0.15, 0.2) is 82.4 Å². The van der Waals surface area contributed by atoms with E-state index in [0.29, 0.717) is 17.1 Å². The van der Waals surface area contributed by atoms with Crippen molar-refractivity contribution in [2.75, 3.05) is 6.61 Å². The average molecular weight is 467 g/mol. The number of carbonyl (C=O) groups excluding carboxylic acids is 2. The Morgan fingerprint density at radius 2 is 1.70 bits per heavy atom. The third kappa shape index (κ3) is 6.56. The Kier molecular flexibility index (Phi) is 7.34. The van der Waals surface area contributed by atoms with Crippen molar-refractivity contribution in [3.63, 3.8) is 0 Å². The summed E-state index contributed by atoms with van der Waals surface area (Å²) >= 11 is 3.32. The predicted octanol–water partition coefficient (Wildman–Crippen LogP) is 4.51. The number of hydrazone groups is 1. The molecule has 7 heteroatoms. The Balaban J connectivity index is 1.46. The number of ether oxygens (including phenoxy) is 2. The number of halogens is 1. The molecule has 0 aliphatic heterocycles. The van der Waals surface area contributed by atoms with Gasteiger partial charge in [-0.15, -0.1) is 0 Å². The largest absolute Gasteiger partial charge is 0.484 e. The second kappa shape index (κ2) is 10.4. The van der Waals surface area contributed by atoms with Gasteiger partial charge in [-0.05, 0) is 67.1 Å². The molecule has 0 heterocycles. The van der Waals surface area contributed by atoms with Crippen LogP contribution in [0.25, 0.3) is 0 Å². The van der Waals surface area contributed by atoms with E-state index >= 15 is 0 Å². The molecule has 1 N–H and O–H groups in total. The minimum Gasteiger partial charge on any atom is -0.484 e. The van der Waals surface area contributed by atoms with E-state index in [2.05, 4.69) is 26.5 Å². The standard InChI is InChI=1S/C23H19BrN2O4/c1-16-5-9-20(10-6-16)29-15-22(27)26-25-14-17-7-11-21(12-8-17)30-23(28)18-3-2-4-19(24)13-18/h2-14H,15H2,1H3,(H,26,27). The summed E-state index contributed by atoms with van der Waals surface area (Å²) in [6.45, 7) is 1.84. The number of hydrogen-bond donors (Lipinski definition) is 1. The number of hydrogen-bond acceptors (Lipinski definition) is 5. The van der Waals surface area contributed by atoms with Crippen LogP contribution in [0.4, 0.5) is 0 Å². The van der Waals surface area contributed by atoms with Gasteiger partial charge in [0.15, 0.2) is 6.61 Å². The molecular formula is C23H19BrN2O4. The fraction of sp³-hybridized carbons (Fsp3) is 0.0870. The number of benzene rings is 3. The molecule has 0 saturated heterocycles. The lowest BCUT2D eigenvalue weighted by molar-refractivity contribution is -0.123. The quantitative estimate of drug-likeness (QED) is 0.240. The Morgan fingerprint density at radius 1 is 1.00 bits per heavy atom. The fourth-order valence-electron chi connectivity index (χ4n) is 2.40. The van der Waals surface area contributed by atoms with Crippen LogP contribution < -0.4 is 14.9 Å². The highest BCUT2D eigenvalue weighted by molar-refractivity contribution is 9.10. The fourth-order valence-corrected chi connectivity index (χ4v) is 2.80. The number of rotatable bonds is 7. The summed E-state index contributed by atoms with van der Waals surface area (Å²) in [6, 6.07) is 21.1. The summed E-state index contributed by atoms with van der Waals surface area (Å²) < 4.78 is 11.5. The molecule has 0 bridgehead atoms. The van der Waals surface area contributed by atoms with Crippen molar-refractivity contribution in [1.29, 1.82) is 0 Å². The monoisotopic (exact) mass is 466 g/mol. The zero-order valence-electron chi connectivity index (χ0n) is 16.2. The van der Waals surface area contributed by atoms with E-state index in [4.69, 9.17) is 9.47 Å². The van der Waals surface area contributed by atoms with Gasteiger partial charge < -0.3 is 9.47 Å². The summed E-state index contributed by atoms with van der Waals surface area (Å²) in [7, 11) is 0. The SMILES string of the molecule is Cc1ccc(OCC(=O)NN=Cc2ccc(OC(=O)c3cccc(Br)c3)cc2)cc1. The lowest BCUT2D eigenvalue weighted by atomic mass is 10.2. The van der Waals surface area contributed by atoms with Crippen molar-refractivity contribution in [3.05, 3.63) is 94.0 Å². The van der Waals surface area contributed by atoms with Gasteiger partial charge in [0.05, 0.1) is 11.8 Å². The van der Waals surface area contributed by atoms with Crippen LogP contribution in [0.1, 0.15) is 21.5 Å². The van der Waals surface area contributed by atoms with Crippen LogP contribution in [-0.2, 0) is 4.79 Å². The molecule has 30 heavy (non-hydrogen) atoms. The lowest BCUT2D eigenvalue weighted by Crippen LogP contribution is -2.24. The van der Waals surface area contributed by atoms with Crippen molar-refractivity contribution in [1.82, 2.24) is 5.43 Å². The highest BCUT2D eigenvalue weighted by atomic mass is 79.9. The normalized spacial score (nSPS) is 10.6. The van der Waals surface area contributed by atoms with Crippen LogP contribution in [-0.4, -0.2) is 24.7 Å². The molecule has 0 unspecified atom stereocenters. The number of carbonyl (C=O) groups is 2. The molecule has 0 fully saturated rings. The molecule has 0 aromatic heterocycles. The summed E-state index contributed by atoms with van der Waals surface area (Å²) in [5.41, 5.74) is 4.70. The predicted molar refractivity (Wildman–Crippen MR) is 118 cm³/mol. The topological polar surface area (TPSA) is 77.0 Å². The maximum Gasteiger partial charge on any atom is 0.343 e. The van der Waals surface area contributed by atoms with Gasteiger partial charge in [0.25, 0.3) is 5.91 Å². The van der Waals surface area contributed by atoms with Gasteiger partial charge in [-0.2, -0.15) is 5.10 Å². The number of esters is 1. The van der Waals surface area contributed by atoms with Crippen LogP contribution >= 0.6 is 15.9 Å². The summed E-state index contributed by atoms with van der Waals surface area (Å²) in [4.78, 5) is 23.9. The average Bonchev–Trinajstić information content (AvgIpc) is 2.74. The van der Waals surface area contributed by atoms with Crippen molar-refractivity contribution in [2.45, 2.75) is 6.92 Å². The molecule has 0 spiro atoms. The van der Waals surface area contributed by atoms with Gasteiger partial charge in [-0.1, -0.05) is 39.7 Å². The van der Waals surface area contributed by atoms with Crippen LogP contribution in [0.3, 0.4) is 0 Å². The third-order valence-corrected chi connectivity index (χ3v) is 4.44. The Hall–Kier alpha value is -3.45. The molecule has 3 aromatic carbocycles. The number of nitrogens with zero attached hydrogens (tertiary/aromatic N) is 1. The first-order valence-corrected chi connectivity index (χ1v) is 9.88. The molecule has 3 aromatic rings. The summed E-state index contributed by atoms with van der Waals surface area (Å²) in [5, 5.41) is 3.90. The van der Waals surface area contributed by atoms with Gasteiger partial charge in [0, 0.05) is 4.47 Å². The van der Waals surface area contributed by atoms with Crippen LogP contribution in [0.2, 0.25) is 0 Å². The van der Waals surface area contributed by atoms with E-state index < -0.39 is 5.97 Å². The van der Waals surface area contributed by atoms with Crippen molar-refractivity contribution in [2.24, 2.45) is 5.10 Å². The van der Waals surface area contributed by atoms with E-state index in [1.807, 2.05) is 25.1 Å². The first kappa shape index (κ1) is 21.3. The summed E-state index contributed by atoms with van der Waals surface area (Å²) in [6.07, 6.45) is 1.49. The highest BCUT2D eigenvalue weighted by Gasteiger charge is 2.08. The zero-order valence-corrected chi connectivity index (χ0v) is 17.8. The molecule has 1 amide bonds. The van der Waals surface area contributed by atoms with Crippen molar-refractivity contribution < 1.29 is 19.1 Å². The number of aryl methyl sites for hydroxylation is 1. The maximum absolute atomic E-state index is 12.2. The molecule has 6 nitrogen and oxygen atoms in total. The molecule has 0 radical (unpaired) electrons. The molecular weight excluding hydrogens is 448 g/mol. The van der Waals surface area contributed by atoms with Gasteiger partial charge >= 0.3 is 5.97 Å². The van der Waals surface area contributed by atoms with Crippen LogP contribution in [0.5, 0.6) is 11.5 Å². The van der Waals surface area contributed by atoms with Crippen molar-refractivity contribution in [3.8, 4) is 11.5 Å². The molecule has 0 aliphatic carbocycles. The van der Waals surface area contributed by atoms with E-state index in [9.17, 15) is 9.59 Å². The van der Waals surface area contributed by atoms with E-state index in [0.717, 1.165) is 15.6 Å². The Morgan fingerprint density at radius 3 is 2.40 bits per heavy atom. The first-order chi connectivity index (χ1) is 14.5. The molecule has 0 saturated carbocycles. The van der Waals surface area contributed by atoms with Gasteiger partial charge in [0.1, 0.15) is 11.5 Å². The highest BCUT2D eigenvalue weighted by Crippen LogP contribution is 2.16. The smallest absolute Gasteiger partial charge is 0.343 e. The van der Waals surface area contributed by atoms with Crippen molar-refractivity contribution >= 4 is 34.0 Å². The molecule has 0 aliphatic rings. The van der Waals surface area contributed by atoms with E-state index in [1.165, 1.54) is 6.21 Å². The zero-order chi connectivity index (χ0) is 21.3. The third-order valence-electron chi connectivity index (χ3n) is 3.94. The van der Waals surface area contributed by atoms with E-state index in [-0.39, 0.29) is 12.5 Å². The molecule has 3 rings (SSSR count). The van der Waals surface area contributed by atoms with Gasteiger partial charge in [0.2, 0.25) is 0 Å². The lowest BCUT2D eigenvalue weighted by Gasteiger charge is -2.05. The Labute approximate surface area is 182 Å². The minimum absolute atomic E-state index is 0.134. The number of nitrogens with one attached hydrogen (secondary N) is 1. The first-order valence-electron chi connectivity index (χ1n) is 9.09. The summed E-state index contributed by atoms with van der Waals surface area (Å²) in [5.74, 6) is 0.213. The second-order valence-corrected chi connectivity index (χ2v) is 7.28. The van der Waals surface area contributed by atoms with Crippen LogP contribution in [0, 0.1) is 6.92 Å². The maximum atomic E-state index is 12.2. The second-order valence-electron chi connectivity index (χ2n) is 6.36. The molecule has 152 valence electrons.